The maximum absolute atomic E-state index is 13.0. The van der Waals surface area contributed by atoms with Gasteiger partial charge in [-0.1, -0.05) is 34.3 Å². The van der Waals surface area contributed by atoms with Crippen LogP contribution in [0.3, 0.4) is 0 Å². The van der Waals surface area contributed by atoms with Crippen LogP contribution in [0.4, 0.5) is 5.69 Å². The molecule has 1 saturated heterocycles. The Morgan fingerprint density at radius 3 is 2.61 bits per heavy atom. The molecule has 0 aliphatic carbocycles. The molecule has 0 amide bonds. The van der Waals surface area contributed by atoms with Gasteiger partial charge in [0.1, 0.15) is 6.17 Å². The van der Waals surface area contributed by atoms with Gasteiger partial charge in [-0.25, -0.2) is 0 Å². The minimum Gasteiger partial charge on any atom is -0.363 e. The zero-order valence-corrected chi connectivity index (χ0v) is 14.7. The van der Waals surface area contributed by atoms with Crippen molar-refractivity contribution in [3.05, 3.63) is 36.3 Å². The van der Waals surface area contributed by atoms with Gasteiger partial charge in [-0.2, -0.15) is 0 Å². The van der Waals surface area contributed by atoms with E-state index in [1.807, 2.05) is 33.2 Å². The summed E-state index contributed by atoms with van der Waals surface area (Å²) in [6, 6.07) is 2.00. The number of nitrogens with one attached hydrogen (secondary N) is 1. The third-order valence-corrected chi connectivity index (χ3v) is 5.31. The summed E-state index contributed by atoms with van der Waals surface area (Å²) in [4.78, 5) is 19.5. The van der Waals surface area contributed by atoms with Crippen molar-refractivity contribution in [3.8, 4) is 0 Å². The van der Waals surface area contributed by atoms with E-state index in [1.54, 1.807) is 0 Å². The summed E-state index contributed by atoms with van der Waals surface area (Å²) in [6.45, 7) is 14.6. The van der Waals surface area contributed by atoms with Crippen molar-refractivity contribution >= 4 is 11.5 Å². The van der Waals surface area contributed by atoms with Gasteiger partial charge < -0.3 is 10.2 Å². The van der Waals surface area contributed by atoms with Gasteiger partial charge in [0.15, 0.2) is 5.78 Å². The average Bonchev–Trinajstić information content (AvgIpc) is 2.99. The molecule has 0 saturated carbocycles. The molecule has 0 radical (unpaired) electrons. The van der Waals surface area contributed by atoms with Crippen LogP contribution in [0.25, 0.3) is 0 Å². The standard InChI is InChI=1S/C19H27N3O/c1-10(2)15-16-13-7-8-20-9-14(13)21-19(16)22(12(5)6)17(15)18(23)11(3)4/h7-11,15-17,19,21H,5H2,1-4,6H3. The van der Waals surface area contributed by atoms with Crippen LogP contribution >= 0.6 is 0 Å². The average molecular weight is 313 g/mol. The van der Waals surface area contributed by atoms with Crippen molar-refractivity contribution in [1.29, 1.82) is 0 Å². The van der Waals surface area contributed by atoms with Crippen LogP contribution in [0, 0.1) is 17.8 Å². The second-order valence-electron chi connectivity index (χ2n) is 7.54. The van der Waals surface area contributed by atoms with Crippen LogP contribution in [-0.4, -0.2) is 27.9 Å². The van der Waals surface area contributed by atoms with Gasteiger partial charge in [-0.05, 0) is 30.4 Å². The third-order valence-electron chi connectivity index (χ3n) is 5.31. The first kappa shape index (κ1) is 16.0. The van der Waals surface area contributed by atoms with Crippen LogP contribution < -0.4 is 5.32 Å². The Kier molecular flexibility index (Phi) is 3.95. The van der Waals surface area contributed by atoms with E-state index in [1.165, 1.54) is 5.56 Å². The highest BCUT2D eigenvalue weighted by atomic mass is 16.1. The van der Waals surface area contributed by atoms with E-state index >= 15 is 0 Å². The molecule has 4 atom stereocenters. The summed E-state index contributed by atoms with van der Waals surface area (Å²) in [5.41, 5.74) is 3.33. The Morgan fingerprint density at radius 1 is 1.35 bits per heavy atom. The molecule has 1 aromatic rings. The number of hydrogen-bond donors (Lipinski definition) is 1. The number of hydrogen-bond acceptors (Lipinski definition) is 4. The highest BCUT2D eigenvalue weighted by Crippen LogP contribution is 2.53. The van der Waals surface area contributed by atoms with Crippen molar-refractivity contribution in [1.82, 2.24) is 9.88 Å². The normalized spacial score (nSPS) is 28.7. The van der Waals surface area contributed by atoms with E-state index in [4.69, 9.17) is 0 Å². The number of pyridine rings is 1. The molecule has 4 unspecified atom stereocenters. The van der Waals surface area contributed by atoms with Crippen LogP contribution in [0.15, 0.2) is 30.7 Å². The molecule has 124 valence electrons. The summed E-state index contributed by atoms with van der Waals surface area (Å²) >= 11 is 0. The Hall–Kier alpha value is -1.84. The Morgan fingerprint density at radius 2 is 2.04 bits per heavy atom. The number of carbonyl (C=O) groups excluding carboxylic acids is 1. The molecule has 1 fully saturated rings. The molecule has 4 nitrogen and oxygen atoms in total. The number of nitrogens with zero attached hydrogens (tertiary/aromatic N) is 2. The number of allylic oxidation sites excluding steroid dienone is 1. The molecule has 2 aliphatic rings. The minimum absolute atomic E-state index is 0.0267. The summed E-state index contributed by atoms with van der Waals surface area (Å²) in [5.74, 6) is 1.35. The van der Waals surface area contributed by atoms with Crippen molar-refractivity contribution in [2.75, 3.05) is 5.32 Å². The molecular formula is C19H27N3O. The third kappa shape index (κ3) is 2.35. The van der Waals surface area contributed by atoms with Gasteiger partial charge in [-0.3, -0.25) is 9.78 Å². The first-order valence-electron chi connectivity index (χ1n) is 8.52. The first-order valence-corrected chi connectivity index (χ1v) is 8.52. The number of carbonyl (C=O) groups is 1. The molecule has 1 N–H and O–H groups in total. The highest BCUT2D eigenvalue weighted by Gasteiger charge is 2.56. The van der Waals surface area contributed by atoms with Crippen LogP contribution in [0.5, 0.6) is 0 Å². The summed E-state index contributed by atoms with van der Waals surface area (Å²) in [7, 11) is 0. The monoisotopic (exact) mass is 313 g/mol. The topological polar surface area (TPSA) is 45.2 Å². The summed E-state index contributed by atoms with van der Waals surface area (Å²) in [5, 5.41) is 3.59. The van der Waals surface area contributed by atoms with Gasteiger partial charge in [-0.15, -0.1) is 0 Å². The zero-order chi connectivity index (χ0) is 16.9. The Labute approximate surface area is 139 Å². The molecule has 4 heteroatoms. The number of ketones is 1. The quantitative estimate of drug-likeness (QED) is 0.922. The number of Topliss-reactive ketones (excluding diaryl/α,β-unsaturated/α-hetero) is 1. The smallest absolute Gasteiger partial charge is 0.158 e. The SMILES string of the molecule is C=C(C)N1C2Nc3cnccc3C2C(C(C)C)C1C(=O)C(C)C. The fourth-order valence-electron chi connectivity index (χ4n) is 4.37. The van der Waals surface area contributed by atoms with Crippen molar-refractivity contribution in [2.45, 2.75) is 52.7 Å². The largest absolute Gasteiger partial charge is 0.363 e. The molecule has 3 heterocycles. The van der Waals surface area contributed by atoms with E-state index in [9.17, 15) is 4.79 Å². The molecule has 23 heavy (non-hydrogen) atoms. The second kappa shape index (κ2) is 5.66. The lowest BCUT2D eigenvalue weighted by molar-refractivity contribution is -0.127. The predicted octanol–water partition coefficient (Wildman–Crippen LogP) is 3.63. The molecule has 0 spiro atoms. The van der Waals surface area contributed by atoms with Crippen molar-refractivity contribution < 1.29 is 4.79 Å². The van der Waals surface area contributed by atoms with E-state index in [0.29, 0.717) is 17.6 Å². The highest BCUT2D eigenvalue weighted by molar-refractivity contribution is 5.87. The lowest BCUT2D eigenvalue weighted by Crippen LogP contribution is -2.46. The second-order valence-corrected chi connectivity index (χ2v) is 7.54. The molecule has 0 aromatic carbocycles. The van der Waals surface area contributed by atoms with Crippen LogP contribution in [-0.2, 0) is 4.79 Å². The predicted molar refractivity (Wildman–Crippen MR) is 93.0 cm³/mol. The molecule has 1 aromatic heterocycles. The van der Waals surface area contributed by atoms with Gasteiger partial charge >= 0.3 is 0 Å². The fourth-order valence-corrected chi connectivity index (χ4v) is 4.37. The number of rotatable bonds is 4. The van der Waals surface area contributed by atoms with Crippen molar-refractivity contribution in [2.24, 2.45) is 17.8 Å². The van der Waals surface area contributed by atoms with E-state index in [0.717, 1.165) is 11.4 Å². The number of likely N-dealkylation sites (tertiary alicyclic amines) is 1. The van der Waals surface area contributed by atoms with Gasteiger partial charge in [0.25, 0.3) is 0 Å². The molecule has 2 aliphatic heterocycles. The number of anilines is 1. The molecule has 3 rings (SSSR count). The van der Waals surface area contributed by atoms with E-state index in [-0.39, 0.29) is 24.0 Å². The van der Waals surface area contributed by atoms with Gasteiger partial charge in [0.05, 0.1) is 17.9 Å². The van der Waals surface area contributed by atoms with Crippen molar-refractivity contribution in [3.63, 3.8) is 0 Å². The minimum atomic E-state index is -0.101. The number of aromatic nitrogens is 1. The Balaban J connectivity index is 2.11. The maximum Gasteiger partial charge on any atom is 0.158 e. The van der Waals surface area contributed by atoms with Gasteiger partial charge in [0, 0.05) is 23.7 Å². The first-order chi connectivity index (χ1) is 10.8. The summed E-state index contributed by atoms with van der Waals surface area (Å²) in [6.07, 6.45) is 3.84. The lowest BCUT2D eigenvalue weighted by Gasteiger charge is -2.34. The molecular weight excluding hydrogens is 286 g/mol. The van der Waals surface area contributed by atoms with E-state index in [2.05, 4.69) is 41.7 Å². The van der Waals surface area contributed by atoms with Crippen LogP contribution in [0.2, 0.25) is 0 Å². The van der Waals surface area contributed by atoms with E-state index < -0.39 is 0 Å². The molecule has 0 bridgehead atoms. The summed E-state index contributed by atoms with van der Waals surface area (Å²) < 4.78 is 0. The van der Waals surface area contributed by atoms with Gasteiger partial charge in [0.2, 0.25) is 0 Å². The fraction of sp³-hybridized carbons (Fsp3) is 0.579. The number of fused-ring (bicyclic) bond motifs is 3. The zero-order valence-electron chi connectivity index (χ0n) is 14.7. The lowest BCUT2D eigenvalue weighted by atomic mass is 9.76. The van der Waals surface area contributed by atoms with Crippen LogP contribution in [0.1, 0.15) is 46.1 Å². The maximum atomic E-state index is 13.0. The Bertz CT molecular complexity index is 637.